The fourth-order valence-electron chi connectivity index (χ4n) is 2.07. The van der Waals surface area contributed by atoms with Gasteiger partial charge in [-0.15, -0.1) is 0 Å². The van der Waals surface area contributed by atoms with Gasteiger partial charge in [0.15, 0.2) is 0 Å². The molecule has 23 heavy (non-hydrogen) atoms. The first kappa shape index (κ1) is 16.3. The van der Waals surface area contributed by atoms with Gasteiger partial charge >= 0.3 is 0 Å². The van der Waals surface area contributed by atoms with Crippen molar-refractivity contribution < 1.29 is 14.5 Å². The number of hydrogen-bond donors (Lipinski definition) is 2. The Kier molecular flexibility index (Phi) is 5.14. The third kappa shape index (κ3) is 3.97. The monoisotopic (exact) mass is 315 g/mol. The van der Waals surface area contributed by atoms with Crippen molar-refractivity contribution in [3.8, 4) is 5.75 Å². The zero-order valence-electron chi connectivity index (χ0n) is 12.8. The van der Waals surface area contributed by atoms with E-state index < -0.39 is 4.92 Å². The van der Waals surface area contributed by atoms with Crippen molar-refractivity contribution in [2.24, 2.45) is 0 Å². The van der Waals surface area contributed by atoms with Gasteiger partial charge in [-0.2, -0.15) is 0 Å². The van der Waals surface area contributed by atoms with Gasteiger partial charge in [0.2, 0.25) is 0 Å². The molecule has 0 aliphatic heterocycles. The van der Waals surface area contributed by atoms with Gasteiger partial charge in [-0.3, -0.25) is 14.9 Å². The van der Waals surface area contributed by atoms with E-state index in [1.165, 1.54) is 18.2 Å². The number of non-ortho nitro benzene ring substituents is 1. The number of nitro benzene ring substituents is 1. The molecule has 7 heteroatoms. The van der Waals surface area contributed by atoms with Crippen molar-refractivity contribution in [1.82, 2.24) is 5.32 Å². The van der Waals surface area contributed by atoms with Crippen molar-refractivity contribution in [3.63, 3.8) is 0 Å². The molecule has 1 amide bonds. The summed E-state index contributed by atoms with van der Waals surface area (Å²) >= 11 is 0. The normalized spacial score (nSPS) is 10.0. The second-order valence-corrected chi connectivity index (χ2v) is 4.77. The fourth-order valence-corrected chi connectivity index (χ4v) is 2.07. The maximum Gasteiger partial charge on any atom is 0.270 e. The van der Waals surface area contributed by atoms with Crippen LogP contribution >= 0.6 is 0 Å². The molecule has 0 saturated carbocycles. The number of benzene rings is 2. The van der Waals surface area contributed by atoms with Crippen LogP contribution in [0.1, 0.15) is 15.9 Å². The summed E-state index contributed by atoms with van der Waals surface area (Å²) in [5.74, 6) is 0.352. The number of amides is 1. The van der Waals surface area contributed by atoms with E-state index in [9.17, 15) is 14.9 Å². The Hall–Kier alpha value is -3.09. The summed E-state index contributed by atoms with van der Waals surface area (Å²) in [6, 6.07) is 11.4. The first-order chi connectivity index (χ1) is 11.0. The van der Waals surface area contributed by atoms with E-state index in [1.54, 1.807) is 26.3 Å². The van der Waals surface area contributed by atoms with E-state index in [1.807, 2.05) is 12.1 Å². The number of rotatable bonds is 6. The van der Waals surface area contributed by atoms with Gasteiger partial charge in [-0.1, -0.05) is 12.1 Å². The molecule has 0 spiro atoms. The second-order valence-electron chi connectivity index (χ2n) is 4.77. The molecule has 2 rings (SSSR count). The predicted molar refractivity (Wildman–Crippen MR) is 86.8 cm³/mol. The Morgan fingerprint density at radius 2 is 1.91 bits per heavy atom. The van der Waals surface area contributed by atoms with Crippen LogP contribution < -0.4 is 15.4 Å². The Balaban J connectivity index is 2.12. The second kappa shape index (κ2) is 7.26. The molecule has 0 saturated heterocycles. The zero-order chi connectivity index (χ0) is 16.8. The van der Waals surface area contributed by atoms with Crippen LogP contribution in [0.3, 0.4) is 0 Å². The summed E-state index contributed by atoms with van der Waals surface area (Å²) in [6.45, 7) is 0.314. The standard InChI is InChI=1S/C16H17N3O4/c1-17-15-8-5-12(19(21)22)9-14(15)16(20)18-10-11-3-6-13(23-2)7-4-11/h3-9,17H,10H2,1-2H3,(H,18,20). The third-order valence-electron chi connectivity index (χ3n) is 3.34. The van der Waals surface area contributed by atoms with Gasteiger partial charge in [0, 0.05) is 31.4 Å². The zero-order valence-corrected chi connectivity index (χ0v) is 12.8. The minimum Gasteiger partial charge on any atom is -0.497 e. The highest BCUT2D eigenvalue weighted by atomic mass is 16.6. The quantitative estimate of drug-likeness (QED) is 0.631. The number of methoxy groups -OCH3 is 1. The molecule has 0 fully saturated rings. The van der Waals surface area contributed by atoms with Crippen LogP contribution in [-0.4, -0.2) is 25.0 Å². The van der Waals surface area contributed by atoms with Gasteiger partial charge in [0.05, 0.1) is 17.6 Å². The van der Waals surface area contributed by atoms with Gasteiger partial charge in [0.1, 0.15) is 5.75 Å². The van der Waals surface area contributed by atoms with Crippen molar-refractivity contribution in [1.29, 1.82) is 0 Å². The van der Waals surface area contributed by atoms with Gasteiger partial charge in [-0.25, -0.2) is 0 Å². The molecular formula is C16H17N3O4. The summed E-state index contributed by atoms with van der Waals surface area (Å²) in [4.78, 5) is 22.6. The number of nitrogens with zero attached hydrogens (tertiary/aromatic N) is 1. The largest absolute Gasteiger partial charge is 0.497 e. The summed E-state index contributed by atoms with van der Waals surface area (Å²) in [6.07, 6.45) is 0. The molecule has 120 valence electrons. The van der Waals surface area contributed by atoms with E-state index in [-0.39, 0.29) is 17.2 Å². The van der Waals surface area contributed by atoms with Gasteiger partial charge < -0.3 is 15.4 Å². The molecule has 0 aliphatic rings. The van der Waals surface area contributed by atoms with Gasteiger partial charge in [-0.05, 0) is 23.8 Å². The molecule has 0 radical (unpaired) electrons. The van der Waals surface area contributed by atoms with Crippen LogP contribution in [0, 0.1) is 10.1 Å². The smallest absolute Gasteiger partial charge is 0.270 e. The van der Waals surface area contributed by atoms with Crippen molar-refractivity contribution in [2.75, 3.05) is 19.5 Å². The molecule has 2 N–H and O–H groups in total. The number of carbonyl (C=O) groups excluding carboxylic acids is 1. The van der Waals surface area contributed by atoms with E-state index in [0.29, 0.717) is 12.2 Å². The molecule has 0 bridgehead atoms. The van der Waals surface area contributed by atoms with Crippen molar-refractivity contribution in [2.45, 2.75) is 6.54 Å². The maximum atomic E-state index is 12.3. The Bertz CT molecular complexity index is 714. The first-order valence-electron chi connectivity index (χ1n) is 6.92. The Labute approximate surface area is 133 Å². The van der Waals surface area contributed by atoms with Crippen molar-refractivity contribution >= 4 is 17.3 Å². The average Bonchev–Trinajstić information content (AvgIpc) is 2.59. The summed E-state index contributed by atoms with van der Waals surface area (Å²) in [5.41, 5.74) is 1.53. The SMILES string of the molecule is CNc1ccc([N+](=O)[O-])cc1C(=O)NCc1ccc(OC)cc1. The fraction of sp³-hybridized carbons (Fsp3) is 0.188. The number of anilines is 1. The lowest BCUT2D eigenvalue weighted by molar-refractivity contribution is -0.384. The lowest BCUT2D eigenvalue weighted by Crippen LogP contribution is -2.23. The molecule has 0 aliphatic carbocycles. The van der Waals surface area contributed by atoms with Crippen molar-refractivity contribution in [3.05, 3.63) is 63.7 Å². The molecule has 0 heterocycles. The van der Waals surface area contributed by atoms with Crippen LogP contribution in [0.25, 0.3) is 0 Å². The summed E-state index contributed by atoms with van der Waals surface area (Å²) in [5, 5.41) is 16.5. The molecule has 2 aromatic rings. The number of hydrogen-bond acceptors (Lipinski definition) is 5. The minimum atomic E-state index is -0.528. The molecule has 2 aromatic carbocycles. The van der Waals surface area contributed by atoms with E-state index in [0.717, 1.165) is 11.3 Å². The van der Waals surface area contributed by atoms with Gasteiger partial charge in [0.25, 0.3) is 11.6 Å². The Morgan fingerprint density at radius 1 is 1.22 bits per heavy atom. The first-order valence-corrected chi connectivity index (χ1v) is 6.92. The highest BCUT2D eigenvalue weighted by molar-refractivity contribution is 6.00. The molecule has 0 atom stereocenters. The predicted octanol–water partition coefficient (Wildman–Crippen LogP) is 2.58. The number of nitrogens with one attached hydrogen (secondary N) is 2. The molecule has 0 aromatic heterocycles. The van der Waals surface area contributed by atoms with Crippen LogP contribution in [0.5, 0.6) is 5.75 Å². The summed E-state index contributed by atoms with van der Waals surface area (Å²) < 4.78 is 5.07. The Morgan fingerprint density at radius 3 is 2.48 bits per heavy atom. The highest BCUT2D eigenvalue weighted by Gasteiger charge is 2.16. The lowest BCUT2D eigenvalue weighted by atomic mass is 10.1. The molecular weight excluding hydrogens is 298 g/mol. The molecule has 0 unspecified atom stereocenters. The molecule has 7 nitrogen and oxygen atoms in total. The maximum absolute atomic E-state index is 12.3. The third-order valence-corrected chi connectivity index (χ3v) is 3.34. The van der Waals surface area contributed by atoms with E-state index in [4.69, 9.17) is 4.74 Å². The van der Waals surface area contributed by atoms with Crippen LogP contribution in [-0.2, 0) is 6.54 Å². The number of ether oxygens (including phenoxy) is 1. The minimum absolute atomic E-state index is 0.126. The lowest BCUT2D eigenvalue weighted by Gasteiger charge is -2.10. The number of nitro groups is 1. The van der Waals surface area contributed by atoms with E-state index >= 15 is 0 Å². The summed E-state index contributed by atoms with van der Waals surface area (Å²) in [7, 11) is 3.24. The van der Waals surface area contributed by atoms with Crippen LogP contribution in [0.4, 0.5) is 11.4 Å². The van der Waals surface area contributed by atoms with E-state index in [2.05, 4.69) is 10.6 Å². The average molecular weight is 315 g/mol. The topological polar surface area (TPSA) is 93.5 Å². The highest BCUT2D eigenvalue weighted by Crippen LogP contribution is 2.22. The van der Waals surface area contributed by atoms with Crippen LogP contribution in [0.2, 0.25) is 0 Å². The van der Waals surface area contributed by atoms with Crippen LogP contribution in [0.15, 0.2) is 42.5 Å². The number of carbonyl (C=O) groups is 1.